The topological polar surface area (TPSA) is 80.3 Å². The molecule has 0 unspecified atom stereocenters. The average Bonchev–Trinajstić information content (AvgIpc) is 3.33. The first-order valence-corrected chi connectivity index (χ1v) is 9.03. The number of aliphatic imine (C=N–C) groups is 1. The molecule has 29 heavy (non-hydrogen) atoms. The number of nitrogens with zero attached hydrogens (tertiary/aromatic N) is 4. The summed E-state index contributed by atoms with van der Waals surface area (Å²) in [6.07, 6.45) is 6.63. The Kier molecular flexibility index (Phi) is 7.77. The number of benzene rings is 1. The molecule has 0 aliphatic carbocycles. The minimum absolute atomic E-state index is 0. The Hall–Kier alpha value is -2.43. The van der Waals surface area contributed by atoms with E-state index >= 15 is 0 Å². The van der Waals surface area contributed by atoms with Gasteiger partial charge in [-0.15, -0.1) is 24.0 Å². The van der Waals surface area contributed by atoms with Crippen LogP contribution in [0.2, 0.25) is 0 Å². The molecule has 0 saturated carbocycles. The Morgan fingerprint density at radius 1 is 1.24 bits per heavy atom. The third-order valence-corrected chi connectivity index (χ3v) is 4.18. The fourth-order valence-corrected chi connectivity index (χ4v) is 2.58. The SMILES string of the molecule is CN=C(NCc1ccc(-n2ccnc2)c(F)c1)NCc1ncc(C(C)(C)C)o1.I. The summed E-state index contributed by atoms with van der Waals surface area (Å²) in [6, 6.07) is 5.09. The van der Waals surface area contributed by atoms with Crippen molar-refractivity contribution < 1.29 is 8.81 Å². The Labute approximate surface area is 186 Å². The van der Waals surface area contributed by atoms with Crippen LogP contribution >= 0.6 is 24.0 Å². The van der Waals surface area contributed by atoms with Crippen LogP contribution in [0, 0.1) is 5.82 Å². The molecule has 9 heteroatoms. The van der Waals surface area contributed by atoms with Gasteiger partial charge in [0.1, 0.15) is 11.6 Å². The summed E-state index contributed by atoms with van der Waals surface area (Å²) < 4.78 is 21.7. The van der Waals surface area contributed by atoms with Crippen LogP contribution in [0.15, 0.2) is 52.5 Å². The largest absolute Gasteiger partial charge is 0.443 e. The van der Waals surface area contributed by atoms with Gasteiger partial charge in [-0.1, -0.05) is 26.8 Å². The summed E-state index contributed by atoms with van der Waals surface area (Å²) in [5.74, 6) is 1.69. The van der Waals surface area contributed by atoms with Crippen LogP contribution in [0.4, 0.5) is 4.39 Å². The molecule has 0 amide bonds. The van der Waals surface area contributed by atoms with E-state index in [4.69, 9.17) is 4.42 Å². The molecule has 1 aromatic carbocycles. The van der Waals surface area contributed by atoms with E-state index < -0.39 is 0 Å². The Balaban J connectivity index is 0.00000300. The van der Waals surface area contributed by atoms with Gasteiger partial charge in [-0.2, -0.15) is 0 Å². The fourth-order valence-electron chi connectivity index (χ4n) is 2.58. The smallest absolute Gasteiger partial charge is 0.213 e. The molecule has 0 atom stereocenters. The molecule has 0 bridgehead atoms. The third-order valence-electron chi connectivity index (χ3n) is 4.18. The van der Waals surface area contributed by atoms with Gasteiger partial charge in [-0.05, 0) is 17.7 Å². The highest BCUT2D eigenvalue weighted by Gasteiger charge is 2.19. The van der Waals surface area contributed by atoms with Gasteiger partial charge >= 0.3 is 0 Å². The molecule has 2 heterocycles. The number of aromatic nitrogens is 3. The van der Waals surface area contributed by atoms with Crippen LogP contribution < -0.4 is 10.6 Å². The number of oxazole rings is 1. The Morgan fingerprint density at radius 3 is 2.59 bits per heavy atom. The molecule has 2 N–H and O–H groups in total. The first-order chi connectivity index (χ1) is 13.4. The van der Waals surface area contributed by atoms with Crippen LogP contribution in [-0.2, 0) is 18.5 Å². The third kappa shape index (κ3) is 6.02. The quantitative estimate of drug-likeness (QED) is 0.309. The lowest BCUT2D eigenvalue weighted by Crippen LogP contribution is -2.36. The maximum absolute atomic E-state index is 14.3. The zero-order valence-corrected chi connectivity index (χ0v) is 19.3. The molecule has 0 saturated heterocycles. The van der Waals surface area contributed by atoms with Crippen molar-refractivity contribution in [1.82, 2.24) is 25.2 Å². The average molecular weight is 512 g/mol. The summed E-state index contributed by atoms with van der Waals surface area (Å²) in [4.78, 5) is 12.4. The highest BCUT2D eigenvalue weighted by Crippen LogP contribution is 2.22. The van der Waals surface area contributed by atoms with E-state index in [-0.39, 0.29) is 35.2 Å². The molecule has 0 fully saturated rings. The van der Waals surface area contributed by atoms with Crippen molar-refractivity contribution in [2.45, 2.75) is 39.3 Å². The highest BCUT2D eigenvalue weighted by atomic mass is 127. The number of guanidine groups is 1. The molecule has 7 nitrogen and oxygen atoms in total. The van der Waals surface area contributed by atoms with Crippen LogP contribution in [0.25, 0.3) is 5.69 Å². The van der Waals surface area contributed by atoms with Crippen molar-refractivity contribution in [2.75, 3.05) is 7.05 Å². The van der Waals surface area contributed by atoms with E-state index in [0.29, 0.717) is 30.6 Å². The summed E-state index contributed by atoms with van der Waals surface area (Å²) in [7, 11) is 1.67. The van der Waals surface area contributed by atoms with Gasteiger partial charge in [-0.25, -0.2) is 14.4 Å². The monoisotopic (exact) mass is 512 g/mol. The van der Waals surface area contributed by atoms with Crippen LogP contribution in [0.1, 0.15) is 38.0 Å². The number of halogens is 2. The molecule has 0 spiro atoms. The molecule has 0 aliphatic rings. The van der Waals surface area contributed by atoms with Crippen LogP contribution in [-0.4, -0.2) is 27.5 Å². The second kappa shape index (κ2) is 9.86. The molecule has 0 radical (unpaired) electrons. The predicted molar refractivity (Wildman–Crippen MR) is 121 cm³/mol. The van der Waals surface area contributed by atoms with Crippen molar-refractivity contribution in [1.29, 1.82) is 0 Å². The zero-order chi connectivity index (χ0) is 20.1. The lowest BCUT2D eigenvalue weighted by molar-refractivity contribution is 0.379. The Morgan fingerprint density at radius 2 is 2.00 bits per heavy atom. The van der Waals surface area contributed by atoms with Crippen molar-refractivity contribution in [2.24, 2.45) is 4.99 Å². The number of nitrogens with one attached hydrogen (secondary N) is 2. The van der Waals surface area contributed by atoms with Crippen molar-refractivity contribution >= 4 is 29.9 Å². The molecular formula is C20H26FIN6O. The van der Waals surface area contributed by atoms with E-state index in [1.165, 1.54) is 6.07 Å². The van der Waals surface area contributed by atoms with Gasteiger partial charge in [-0.3, -0.25) is 4.99 Å². The summed E-state index contributed by atoms with van der Waals surface area (Å²) in [6.45, 7) is 7.05. The molecule has 156 valence electrons. The van der Waals surface area contributed by atoms with Gasteiger partial charge in [0.2, 0.25) is 5.89 Å². The number of imidazole rings is 1. The van der Waals surface area contributed by atoms with Gasteiger partial charge in [0.25, 0.3) is 0 Å². The Bertz CT molecular complexity index is 946. The minimum atomic E-state index is -0.310. The summed E-state index contributed by atoms with van der Waals surface area (Å²) in [5, 5.41) is 6.30. The predicted octanol–water partition coefficient (Wildman–Crippen LogP) is 3.78. The van der Waals surface area contributed by atoms with Crippen molar-refractivity contribution in [3.05, 3.63) is 66.1 Å². The zero-order valence-electron chi connectivity index (χ0n) is 16.9. The summed E-state index contributed by atoms with van der Waals surface area (Å²) >= 11 is 0. The first-order valence-electron chi connectivity index (χ1n) is 9.03. The maximum atomic E-state index is 14.3. The van der Waals surface area contributed by atoms with Crippen molar-refractivity contribution in [3.63, 3.8) is 0 Å². The maximum Gasteiger partial charge on any atom is 0.213 e. The first kappa shape index (κ1) is 22.9. The van der Waals surface area contributed by atoms with Crippen LogP contribution in [0.5, 0.6) is 0 Å². The van der Waals surface area contributed by atoms with E-state index in [9.17, 15) is 4.39 Å². The fraction of sp³-hybridized carbons (Fsp3) is 0.350. The number of hydrogen-bond acceptors (Lipinski definition) is 4. The van der Waals surface area contributed by atoms with E-state index in [1.54, 1.807) is 42.6 Å². The molecule has 3 aromatic rings. The van der Waals surface area contributed by atoms with Crippen LogP contribution in [0.3, 0.4) is 0 Å². The molecule has 2 aromatic heterocycles. The lowest BCUT2D eigenvalue weighted by atomic mass is 9.94. The number of rotatable bonds is 5. The van der Waals surface area contributed by atoms with E-state index in [0.717, 1.165) is 11.3 Å². The van der Waals surface area contributed by atoms with Gasteiger partial charge < -0.3 is 19.6 Å². The second-order valence-corrected chi connectivity index (χ2v) is 7.40. The van der Waals surface area contributed by atoms with Gasteiger partial charge in [0.15, 0.2) is 5.96 Å². The lowest BCUT2D eigenvalue weighted by Gasteiger charge is -2.13. The van der Waals surface area contributed by atoms with Crippen molar-refractivity contribution in [3.8, 4) is 5.69 Å². The normalized spacial score (nSPS) is 11.8. The minimum Gasteiger partial charge on any atom is -0.443 e. The molecular weight excluding hydrogens is 486 g/mol. The highest BCUT2D eigenvalue weighted by molar-refractivity contribution is 14.0. The number of hydrogen-bond donors (Lipinski definition) is 2. The standard InChI is InChI=1S/C20H25FN6O.HI/c1-20(2,3)17-11-24-18(28-17)12-26-19(22-4)25-10-14-5-6-16(15(21)9-14)27-8-7-23-13-27;/h5-9,11,13H,10,12H2,1-4H3,(H2,22,25,26);1H. The molecule has 3 rings (SSSR count). The van der Waals surface area contributed by atoms with Gasteiger partial charge in [0, 0.05) is 31.4 Å². The van der Waals surface area contributed by atoms with E-state index in [1.807, 2.05) is 6.07 Å². The summed E-state index contributed by atoms with van der Waals surface area (Å²) in [5.41, 5.74) is 1.18. The molecule has 0 aliphatic heterocycles. The van der Waals surface area contributed by atoms with E-state index in [2.05, 4.69) is 46.4 Å². The second-order valence-electron chi connectivity index (χ2n) is 7.40. The van der Waals surface area contributed by atoms with Gasteiger partial charge in [0.05, 0.1) is 24.8 Å².